The summed E-state index contributed by atoms with van der Waals surface area (Å²) >= 11 is 0. The van der Waals surface area contributed by atoms with E-state index in [1.54, 1.807) is 0 Å². The molecule has 0 amide bonds. The molecule has 1 aromatic carbocycles. The summed E-state index contributed by atoms with van der Waals surface area (Å²) in [5.41, 5.74) is 3.44. The quantitative estimate of drug-likeness (QED) is 0.822. The zero-order chi connectivity index (χ0) is 12.3. The third-order valence-electron chi connectivity index (χ3n) is 2.74. The minimum Gasteiger partial charge on any atom is -0.466 e. The topological polar surface area (TPSA) is 42.1 Å². The first-order chi connectivity index (χ1) is 8.19. The molecule has 3 heteroatoms. The molecule has 0 unspecified atom stereocenters. The molecule has 0 saturated heterocycles. The van der Waals surface area contributed by atoms with Crippen LogP contribution in [-0.2, 0) is 16.0 Å². The van der Waals surface area contributed by atoms with Crippen molar-refractivity contribution in [1.82, 2.24) is 4.98 Å². The summed E-state index contributed by atoms with van der Waals surface area (Å²) in [6, 6.07) is 8.36. The van der Waals surface area contributed by atoms with Gasteiger partial charge in [-0.3, -0.25) is 4.79 Å². The fourth-order valence-corrected chi connectivity index (χ4v) is 1.95. The molecule has 2 aromatic rings. The summed E-state index contributed by atoms with van der Waals surface area (Å²) in [4.78, 5) is 14.5. The molecule has 0 bridgehead atoms. The van der Waals surface area contributed by atoms with Crippen LogP contribution in [0.4, 0.5) is 0 Å². The Morgan fingerprint density at radius 2 is 2.18 bits per heavy atom. The zero-order valence-electron chi connectivity index (χ0n) is 10.2. The van der Waals surface area contributed by atoms with Gasteiger partial charge >= 0.3 is 5.97 Å². The van der Waals surface area contributed by atoms with Crippen molar-refractivity contribution in [3.63, 3.8) is 0 Å². The molecule has 2 rings (SSSR count). The maximum atomic E-state index is 11.3. The van der Waals surface area contributed by atoms with Crippen molar-refractivity contribution in [3.05, 3.63) is 35.5 Å². The molecular formula is C14H17NO2. The Labute approximate surface area is 101 Å². The van der Waals surface area contributed by atoms with E-state index < -0.39 is 0 Å². The van der Waals surface area contributed by atoms with Gasteiger partial charge < -0.3 is 9.72 Å². The van der Waals surface area contributed by atoms with Crippen LogP contribution in [0.5, 0.6) is 0 Å². The minimum absolute atomic E-state index is 0.129. The van der Waals surface area contributed by atoms with Crippen molar-refractivity contribution >= 4 is 16.9 Å². The molecular weight excluding hydrogens is 214 g/mol. The second-order valence-corrected chi connectivity index (χ2v) is 4.18. The molecule has 1 heterocycles. The van der Waals surface area contributed by atoms with Crippen LogP contribution < -0.4 is 0 Å². The monoisotopic (exact) mass is 231 g/mol. The first kappa shape index (κ1) is 11.7. The van der Waals surface area contributed by atoms with Gasteiger partial charge in [-0.1, -0.05) is 12.1 Å². The third-order valence-corrected chi connectivity index (χ3v) is 2.74. The molecule has 1 N–H and O–H groups in total. The highest BCUT2D eigenvalue weighted by Gasteiger charge is 2.04. The van der Waals surface area contributed by atoms with E-state index >= 15 is 0 Å². The molecule has 0 aliphatic rings. The first-order valence-electron chi connectivity index (χ1n) is 5.93. The lowest BCUT2D eigenvalue weighted by Gasteiger charge is -2.02. The molecule has 0 aliphatic carbocycles. The van der Waals surface area contributed by atoms with Crippen molar-refractivity contribution in [2.45, 2.75) is 26.7 Å². The molecule has 17 heavy (non-hydrogen) atoms. The predicted molar refractivity (Wildman–Crippen MR) is 68.0 cm³/mol. The average molecular weight is 231 g/mol. The van der Waals surface area contributed by atoms with Crippen LogP contribution in [0.15, 0.2) is 24.3 Å². The predicted octanol–water partition coefficient (Wildman–Crippen LogP) is 2.97. The summed E-state index contributed by atoms with van der Waals surface area (Å²) in [7, 11) is 0. The van der Waals surface area contributed by atoms with Crippen LogP contribution in [-0.4, -0.2) is 17.6 Å². The molecule has 90 valence electrons. The number of fused-ring (bicyclic) bond motifs is 1. The normalized spacial score (nSPS) is 10.7. The lowest BCUT2D eigenvalue weighted by molar-refractivity contribution is -0.143. The number of benzene rings is 1. The van der Waals surface area contributed by atoms with Gasteiger partial charge in [-0.25, -0.2) is 0 Å². The standard InChI is InChI=1S/C14H17NO2/c1-3-17-14(16)7-5-11-4-6-12-8-10(2)15-13(12)9-11/h4,6,8-9,15H,3,5,7H2,1-2H3. The van der Waals surface area contributed by atoms with E-state index in [4.69, 9.17) is 4.74 Å². The summed E-state index contributed by atoms with van der Waals surface area (Å²) in [6.07, 6.45) is 1.17. The van der Waals surface area contributed by atoms with Crippen LogP contribution in [0.2, 0.25) is 0 Å². The Morgan fingerprint density at radius 1 is 1.35 bits per heavy atom. The number of aromatic amines is 1. The Balaban J connectivity index is 2.06. The molecule has 0 saturated carbocycles. The van der Waals surface area contributed by atoms with Gasteiger partial charge in [0, 0.05) is 17.6 Å². The molecule has 3 nitrogen and oxygen atoms in total. The third kappa shape index (κ3) is 2.87. The van der Waals surface area contributed by atoms with Gasteiger partial charge in [0.1, 0.15) is 0 Å². The highest BCUT2D eigenvalue weighted by atomic mass is 16.5. The molecule has 0 atom stereocenters. The number of rotatable bonds is 4. The van der Waals surface area contributed by atoms with Gasteiger partial charge in [-0.15, -0.1) is 0 Å². The van der Waals surface area contributed by atoms with E-state index in [0.717, 1.165) is 23.2 Å². The van der Waals surface area contributed by atoms with Gasteiger partial charge in [0.05, 0.1) is 6.61 Å². The van der Waals surface area contributed by atoms with Crippen molar-refractivity contribution < 1.29 is 9.53 Å². The highest BCUT2D eigenvalue weighted by molar-refractivity contribution is 5.81. The van der Waals surface area contributed by atoms with Crippen molar-refractivity contribution in [2.75, 3.05) is 6.61 Å². The molecule has 0 radical (unpaired) electrons. The average Bonchev–Trinajstić information content (AvgIpc) is 2.66. The second-order valence-electron chi connectivity index (χ2n) is 4.18. The van der Waals surface area contributed by atoms with Gasteiger partial charge in [0.15, 0.2) is 0 Å². The number of carbonyl (C=O) groups is 1. The van der Waals surface area contributed by atoms with E-state index in [9.17, 15) is 4.79 Å². The number of carbonyl (C=O) groups excluding carboxylic acids is 1. The summed E-state index contributed by atoms with van der Waals surface area (Å²) in [6.45, 7) is 4.32. The fraction of sp³-hybridized carbons (Fsp3) is 0.357. The Kier molecular flexibility index (Phi) is 3.47. The number of esters is 1. The Morgan fingerprint density at radius 3 is 2.94 bits per heavy atom. The summed E-state index contributed by atoms with van der Waals surface area (Å²) in [5.74, 6) is -0.129. The summed E-state index contributed by atoms with van der Waals surface area (Å²) in [5, 5.41) is 1.21. The van der Waals surface area contributed by atoms with Gasteiger partial charge in [-0.2, -0.15) is 0 Å². The van der Waals surface area contributed by atoms with Crippen LogP contribution in [0.3, 0.4) is 0 Å². The van der Waals surface area contributed by atoms with Crippen molar-refractivity contribution in [1.29, 1.82) is 0 Å². The maximum Gasteiger partial charge on any atom is 0.306 e. The van der Waals surface area contributed by atoms with Crippen LogP contribution >= 0.6 is 0 Å². The van der Waals surface area contributed by atoms with E-state index in [1.807, 2.05) is 13.8 Å². The maximum absolute atomic E-state index is 11.3. The minimum atomic E-state index is -0.129. The number of aromatic nitrogens is 1. The van der Waals surface area contributed by atoms with Gasteiger partial charge in [0.25, 0.3) is 0 Å². The number of H-pyrrole nitrogens is 1. The number of hydrogen-bond acceptors (Lipinski definition) is 2. The molecule has 0 spiro atoms. The second kappa shape index (κ2) is 5.04. The number of aryl methyl sites for hydroxylation is 2. The smallest absolute Gasteiger partial charge is 0.306 e. The number of nitrogens with one attached hydrogen (secondary N) is 1. The van der Waals surface area contributed by atoms with Gasteiger partial charge in [-0.05, 0) is 43.4 Å². The zero-order valence-corrected chi connectivity index (χ0v) is 10.2. The van der Waals surface area contributed by atoms with Crippen molar-refractivity contribution in [2.24, 2.45) is 0 Å². The van der Waals surface area contributed by atoms with E-state index in [0.29, 0.717) is 13.0 Å². The largest absolute Gasteiger partial charge is 0.466 e. The molecule has 0 aliphatic heterocycles. The molecule has 0 fully saturated rings. The van der Waals surface area contributed by atoms with Crippen molar-refractivity contribution in [3.8, 4) is 0 Å². The lowest BCUT2D eigenvalue weighted by atomic mass is 10.1. The summed E-state index contributed by atoms with van der Waals surface area (Å²) < 4.78 is 4.91. The van der Waals surface area contributed by atoms with E-state index in [1.165, 1.54) is 5.39 Å². The molecule has 1 aromatic heterocycles. The Bertz CT molecular complexity index is 528. The fourth-order valence-electron chi connectivity index (χ4n) is 1.95. The van der Waals surface area contributed by atoms with Crippen LogP contribution in [0.25, 0.3) is 10.9 Å². The lowest BCUT2D eigenvalue weighted by Crippen LogP contribution is -2.05. The van der Waals surface area contributed by atoms with Crippen LogP contribution in [0.1, 0.15) is 24.6 Å². The van der Waals surface area contributed by atoms with Gasteiger partial charge in [0.2, 0.25) is 0 Å². The SMILES string of the molecule is CCOC(=O)CCc1ccc2cc(C)[nH]c2c1. The highest BCUT2D eigenvalue weighted by Crippen LogP contribution is 2.17. The van der Waals surface area contributed by atoms with E-state index in [-0.39, 0.29) is 5.97 Å². The van der Waals surface area contributed by atoms with E-state index in [2.05, 4.69) is 29.2 Å². The first-order valence-corrected chi connectivity index (χ1v) is 5.93. The number of hydrogen-bond donors (Lipinski definition) is 1. The number of ether oxygens (including phenoxy) is 1. The Hall–Kier alpha value is -1.77. The van der Waals surface area contributed by atoms with Crippen LogP contribution in [0, 0.1) is 6.92 Å².